The van der Waals surface area contributed by atoms with Crippen molar-refractivity contribution in [1.29, 1.82) is 0 Å². The van der Waals surface area contributed by atoms with Gasteiger partial charge in [0, 0.05) is 12.1 Å². The van der Waals surface area contributed by atoms with Crippen molar-refractivity contribution in [1.82, 2.24) is 9.55 Å². The molecule has 3 aromatic carbocycles. The number of aromatic carboxylic acids is 1. The Bertz CT molecular complexity index is 1580. The number of halogens is 4. The molecule has 208 valence electrons. The van der Waals surface area contributed by atoms with Crippen LogP contribution in [-0.2, 0) is 4.79 Å². The summed E-state index contributed by atoms with van der Waals surface area (Å²) in [6.45, 7) is 0. The molecule has 1 amide bonds. The average molecular weight is 556 g/mol. The monoisotopic (exact) mass is 555 g/mol. The van der Waals surface area contributed by atoms with Crippen LogP contribution in [0.1, 0.15) is 66.0 Å². The number of carboxylic acids is 1. The molecular weight excluding hydrogens is 530 g/mol. The number of carboxylic acid groups (broad SMARTS) is 1. The van der Waals surface area contributed by atoms with Gasteiger partial charge >= 0.3 is 5.97 Å². The van der Waals surface area contributed by atoms with Crippen molar-refractivity contribution in [3.63, 3.8) is 0 Å². The lowest BCUT2D eigenvalue weighted by Crippen LogP contribution is -2.35. The normalized spacial score (nSPS) is 15.6. The van der Waals surface area contributed by atoms with Gasteiger partial charge in [-0.15, -0.1) is 0 Å². The van der Waals surface area contributed by atoms with Crippen molar-refractivity contribution in [2.45, 2.75) is 44.2 Å². The lowest BCUT2D eigenvalue weighted by Gasteiger charge is -2.32. The van der Waals surface area contributed by atoms with Crippen molar-refractivity contribution in [2.24, 2.45) is 5.92 Å². The van der Waals surface area contributed by atoms with Gasteiger partial charge in [-0.25, -0.2) is 27.3 Å². The van der Waals surface area contributed by atoms with Crippen LogP contribution in [0.15, 0.2) is 54.6 Å². The number of benzene rings is 3. The van der Waals surface area contributed by atoms with E-state index in [0.717, 1.165) is 61.7 Å². The highest BCUT2D eigenvalue weighted by Crippen LogP contribution is 2.39. The summed E-state index contributed by atoms with van der Waals surface area (Å²) in [5, 5.41) is 23.0. The fourth-order valence-electron chi connectivity index (χ4n) is 5.34. The third kappa shape index (κ3) is 5.29. The summed E-state index contributed by atoms with van der Waals surface area (Å²) in [5.41, 5.74) is -0.305. The highest BCUT2D eigenvalue weighted by Gasteiger charge is 2.36. The number of aliphatic hydroxyl groups excluding tert-OH is 1. The number of fused-ring (bicyclic) bond motifs is 1. The number of rotatable bonds is 7. The minimum Gasteiger partial charge on any atom is -0.478 e. The number of amides is 1. The number of carbonyl (C=O) groups excluding carboxylic acids is 1. The van der Waals surface area contributed by atoms with E-state index in [4.69, 9.17) is 5.11 Å². The molecule has 4 aromatic rings. The first kappa shape index (κ1) is 27.3. The second kappa shape index (κ2) is 11.1. The summed E-state index contributed by atoms with van der Waals surface area (Å²) < 4.78 is 58.4. The molecule has 11 heteroatoms. The highest BCUT2D eigenvalue weighted by atomic mass is 19.2. The van der Waals surface area contributed by atoms with Gasteiger partial charge in [0.25, 0.3) is 0 Å². The van der Waals surface area contributed by atoms with Gasteiger partial charge in [0.1, 0.15) is 29.6 Å². The first-order valence-corrected chi connectivity index (χ1v) is 12.8. The first-order valence-electron chi connectivity index (χ1n) is 12.8. The standard InChI is InChI=1S/C29H25F4N3O4/c30-18-9-6-16(7-10-18)26(37)27-34-23-13-19(31)20(32)14-24(23)36(27)25(15-4-2-1-3-5-15)28(38)35-22-11-8-17(29(39)40)12-21(22)33/h6-15,25-26,37H,1-5H2,(H,35,38)(H,39,40). The average Bonchev–Trinajstić information content (AvgIpc) is 3.28. The zero-order chi connectivity index (χ0) is 28.6. The van der Waals surface area contributed by atoms with E-state index < -0.39 is 47.3 Å². The molecule has 1 aliphatic rings. The van der Waals surface area contributed by atoms with E-state index in [-0.39, 0.29) is 39.6 Å². The third-order valence-electron chi connectivity index (χ3n) is 7.31. The molecule has 0 spiro atoms. The number of carbonyl (C=O) groups is 2. The van der Waals surface area contributed by atoms with Crippen LogP contribution in [0.2, 0.25) is 0 Å². The molecule has 7 nitrogen and oxygen atoms in total. The zero-order valence-electron chi connectivity index (χ0n) is 21.1. The molecule has 1 aliphatic carbocycles. The van der Waals surface area contributed by atoms with Gasteiger partial charge in [0.2, 0.25) is 5.91 Å². The number of nitrogens with zero attached hydrogens (tertiary/aromatic N) is 2. The lowest BCUT2D eigenvalue weighted by molar-refractivity contribution is -0.121. The smallest absolute Gasteiger partial charge is 0.335 e. The van der Waals surface area contributed by atoms with E-state index in [1.54, 1.807) is 0 Å². The van der Waals surface area contributed by atoms with E-state index in [9.17, 15) is 32.3 Å². The van der Waals surface area contributed by atoms with E-state index in [1.165, 1.54) is 16.7 Å². The van der Waals surface area contributed by atoms with Crippen LogP contribution in [0.4, 0.5) is 23.2 Å². The van der Waals surface area contributed by atoms with Gasteiger partial charge in [-0.3, -0.25) is 4.79 Å². The molecular formula is C29H25F4N3O4. The molecule has 1 saturated carbocycles. The Balaban J connectivity index is 1.66. The van der Waals surface area contributed by atoms with E-state index in [2.05, 4.69) is 10.3 Å². The molecule has 0 radical (unpaired) electrons. The number of imidazole rings is 1. The van der Waals surface area contributed by atoms with E-state index in [1.807, 2.05) is 0 Å². The van der Waals surface area contributed by atoms with Crippen LogP contribution in [-0.4, -0.2) is 31.6 Å². The second-order valence-electron chi connectivity index (χ2n) is 9.88. The molecule has 2 atom stereocenters. The van der Waals surface area contributed by atoms with Crippen LogP contribution < -0.4 is 5.32 Å². The second-order valence-corrected chi connectivity index (χ2v) is 9.88. The molecule has 1 heterocycles. The van der Waals surface area contributed by atoms with Gasteiger partial charge in [-0.1, -0.05) is 31.4 Å². The Morgan fingerprint density at radius 1 is 0.900 bits per heavy atom. The van der Waals surface area contributed by atoms with Gasteiger partial charge < -0.3 is 20.1 Å². The molecule has 40 heavy (non-hydrogen) atoms. The number of aromatic nitrogens is 2. The summed E-state index contributed by atoms with van der Waals surface area (Å²) in [5.74, 6) is -6.33. The summed E-state index contributed by atoms with van der Waals surface area (Å²) in [6.07, 6.45) is 2.21. The third-order valence-corrected chi connectivity index (χ3v) is 7.31. The number of hydrogen-bond donors (Lipinski definition) is 3. The minimum absolute atomic E-state index is 0.0133. The van der Waals surface area contributed by atoms with E-state index >= 15 is 0 Å². The number of hydrogen-bond acceptors (Lipinski definition) is 4. The maximum atomic E-state index is 14.8. The fraction of sp³-hybridized carbons (Fsp3) is 0.276. The summed E-state index contributed by atoms with van der Waals surface area (Å²) in [7, 11) is 0. The summed E-state index contributed by atoms with van der Waals surface area (Å²) in [6, 6.07) is 8.63. The zero-order valence-corrected chi connectivity index (χ0v) is 21.1. The number of nitrogens with one attached hydrogen (secondary N) is 1. The van der Waals surface area contributed by atoms with Crippen LogP contribution in [0.5, 0.6) is 0 Å². The Kier molecular flexibility index (Phi) is 7.57. The van der Waals surface area contributed by atoms with Crippen LogP contribution in [0, 0.1) is 29.2 Å². The maximum absolute atomic E-state index is 14.8. The van der Waals surface area contributed by atoms with Crippen molar-refractivity contribution < 1.29 is 37.4 Å². The summed E-state index contributed by atoms with van der Waals surface area (Å²) in [4.78, 5) is 29.5. The van der Waals surface area contributed by atoms with Gasteiger partial charge in [-0.2, -0.15) is 0 Å². The van der Waals surface area contributed by atoms with Crippen LogP contribution >= 0.6 is 0 Å². The molecule has 0 bridgehead atoms. The summed E-state index contributed by atoms with van der Waals surface area (Å²) >= 11 is 0. The molecule has 0 aliphatic heterocycles. The predicted octanol–water partition coefficient (Wildman–Crippen LogP) is 6.13. The molecule has 1 aromatic heterocycles. The van der Waals surface area contributed by atoms with Gasteiger partial charge in [-0.05, 0) is 54.7 Å². The van der Waals surface area contributed by atoms with Gasteiger partial charge in [0.15, 0.2) is 11.6 Å². The largest absolute Gasteiger partial charge is 0.478 e. The Morgan fingerprint density at radius 2 is 1.57 bits per heavy atom. The maximum Gasteiger partial charge on any atom is 0.335 e. The first-order chi connectivity index (χ1) is 19.1. The van der Waals surface area contributed by atoms with Crippen molar-refractivity contribution in [3.8, 4) is 0 Å². The predicted molar refractivity (Wildman–Crippen MR) is 138 cm³/mol. The van der Waals surface area contributed by atoms with Crippen LogP contribution in [0.25, 0.3) is 11.0 Å². The van der Waals surface area contributed by atoms with Gasteiger partial charge in [0.05, 0.1) is 22.3 Å². The molecule has 3 N–H and O–H groups in total. The Morgan fingerprint density at radius 3 is 2.23 bits per heavy atom. The highest BCUT2D eigenvalue weighted by molar-refractivity contribution is 5.96. The molecule has 1 fully saturated rings. The number of aliphatic hydroxyl groups is 1. The van der Waals surface area contributed by atoms with Crippen molar-refractivity contribution >= 4 is 28.6 Å². The molecule has 5 rings (SSSR count). The Hall–Kier alpha value is -4.25. The van der Waals surface area contributed by atoms with Crippen molar-refractivity contribution in [2.75, 3.05) is 5.32 Å². The Labute approximate surface area is 226 Å². The van der Waals surface area contributed by atoms with Crippen LogP contribution in [0.3, 0.4) is 0 Å². The number of anilines is 1. The SMILES string of the molecule is O=C(O)c1ccc(NC(=O)C(C2CCCCC2)n2c(C(O)c3ccc(F)cc3)nc3cc(F)c(F)cc32)c(F)c1. The molecule has 0 saturated heterocycles. The lowest BCUT2D eigenvalue weighted by atomic mass is 9.83. The quantitative estimate of drug-likeness (QED) is 0.238. The molecule has 2 unspecified atom stereocenters. The fourth-order valence-corrected chi connectivity index (χ4v) is 5.34. The topological polar surface area (TPSA) is 104 Å². The minimum atomic E-state index is -1.50. The van der Waals surface area contributed by atoms with Crippen molar-refractivity contribution in [3.05, 3.63) is 94.8 Å². The van der Waals surface area contributed by atoms with E-state index in [0.29, 0.717) is 12.8 Å².